The normalized spacial score (nSPS) is 17.4. The summed E-state index contributed by atoms with van der Waals surface area (Å²) < 4.78 is 14.1. The maximum Gasteiger partial charge on any atom is 0.307 e. The molecule has 3 unspecified atom stereocenters. The van der Waals surface area contributed by atoms with Gasteiger partial charge in [0, 0.05) is 23.1 Å². The molecule has 0 saturated carbocycles. The fourth-order valence-corrected chi connectivity index (χ4v) is 8.47. The Hall–Kier alpha value is -4.14. The summed E-state index contributed by atoms with van der Waals surface area (Å²) in [7, 11) is -4.48. The average molecular weight is 605 g/mol. The third-order valence-corrected chi connectivity index (χ3v) is 10.6. The quantitative estimate of drug-likeness (QED) is 0.162. The molecule has 0 radical (unpaired) electrons. The first-order chi connectivity index (χ1) is 20.4. The van der Waals surface area contributed by atoms with Gasteiger partial charge < -0.3 is 10.00 Å². The van der Waals surface area contributed by atoms with Gasteiger partial charge in [0.05, 0.1) is 22.7 Å². The van der Waals surface area contributed by atoms with Gasteiger partial charge in [0.2, 0.25) is 7.37 Å². The zero-order chi connectivity index (χ0) is 31.1. The van der Waals surface area contributed by atoms with Crippen molar-refractivity contribution in [2.75, 3.05) is 12.8 Å². The topological polar surface area (TPSA) is 149 Å². The second-order valence-electron chi connectivity index (χ2n) is 11.6. The van der Waals surface area contributed by atoms with E-state index >= 15 is 0 Å². The minimum absolute atomic E-state index is 0.0109. The lowest BCUT2D eigenvalue weighted by Crippen LogP contribution is -2.42. The first-order valence-corrected chi connectivity index (χ1v) is 16.2. The summed E-state index contributed by atoms with van der Waals surface area (Å²) in [6.45, 7) is 3.69. The number of hydrogen-bond acceptors (Lipinski definition) is 6. The Morgan fingerprint density at radius 3 is 1.79 bits per heavy atom. The van der Waals surface area contributed by atoms with Crippen molar-refractivity contribution >= 4 is 47.7 Å². The number of carboxylic acids is 1. The van der Waals surface area contributed by atoms with E-state index < -0.39 is 54.8 Å². The number of benzene rings is 3. The molecule has 3 atom stereocenters. The Bertz CT molecular complexity index is 1610. The molecule has 0 aliphatic carbocycles. The van der Waals surface area contributed by atoms with Gasteiger partial charge in [-0.15, -0.1) is 0 Å². The van der Waals surface area contributed by atoms with Crippen molar-refractivity contribution in [2.24, 2.45) is 11.8 Å². The molecule has 2 aliphatic heterocycles. The zero-order valence-electron chi connectivity index (χ0n) is 23.9. The van der Waals surface area contributed by atoms with Crippen molar-refractivity contribution in [3.8, 4) is 0 Å². The van der Waals surface area contributed by atoms with Gasteiger partial charge in [-0.25, -0.2) is 0 Å². The fourth-order valence-electron chi connectivity index (χ4n) is 6.20. The minimum Gasteiger partial charge on any atom is -0.481 e. The van der Waals surface area contributed by atoms with E-state index in [-0.39, 0.29) is 49.3 Å². The number of fused-ring (bicyclic) bond motifs is 1. The number of carbonyl (C=O) groups is 5. The minimum atomic E-state index is -4.48. The Balaban J connectivity index is 1.36. The van der Waals surface area contributed by atoms with Crippen LogP contribution in [0.15, 0.2) is 60.7 Å². The molecular formula is C32H33N2O8P. The van der Waals surface area contributed by atoms with Crippen LogP contribution in [0.3, 0.4) is 0 Å². The number of unbranched alkanes of at least 4 members (excludes halogenated alkanes) is 1. The molecule has 43 heavy (non-hydrogen) atoms. The van der Waals surface area contributed by atoms with Crippen LogP contribution >= 0.6 is 7.37 Å². The van der Waals surface area contributed by atoms with Crippen molar-refractivity contribution in [1.29, 1.82) is 0 Å². The van der Waals surface area contributed by atoms with Crippen molar-refractivity contribution in [3.63, 3.8) is 0 Å². The molecule has 0 aromatic heterocycles. The van der Waals surface area contributed by atoms with Crippen LogP contribution in [0, 0.1) is 11.8 Å². The van der Waals surface area contributed by atoms with E-state index in [0.29, 0.717) is 21.9 Å². The van der Waals surface area contributed by atoms with Gasteiger partial charge in [0.1, 0.15) is 6.29 Å². The van der Waals surface area contributed by atoms with Crippen LogP contribution < -0.4 is 0 Å². The lowest BCUT2D eigenvalue weighted by atomic mass is 9.91. The van der Waals surface area contributed by atoms with E-state index in [1.54, 1.807) is 60.7 Å². The van der Waals surface area contributed by atoms with Gasteiger partial charge >= 0.3 is 5.97 Å². The number of carbonyl (C=O) groups excluding carboxylic acids is 4. The molecule has 3 aromatic rings. The SMILES string of the molecule is CC(C)CC(C(=O)O)C(CCCCN1C(=O)c2ccccc2C1=O)P(=O)(O)CN1C(=O)c2cccc3cccc(c23)C1=O. The predicted octanol–water partition coefficient (Wildman–Crippen LogP) is 5.25. The molecule has 5 rings (SSSR count). The molecule has 0 fully saturated rings. The summed E-state index contributed by atoms with van der Waals surface area (Å²) in [5.41, 5.74) is -0.144. The lowest BCUT2D eigenvalue weighted by molar-refractivity contribution is -0.142. The Morgan fingerprint density at radius 1 is 0.767 bits per heavy atom. The highest BCUT2D eigenvalue weighted by molar-refractivity contribution is 7.58. The highest BCUT2D eigenvalue weighted by Crippen LogP contribution is 2.54. The summed E-state index contributed by atoms with van der Waals surface area (Å²) in [5, 5.41) is 11.3. The number of carboxylic acid groups (broad SMARTS) is 1. The molecule has 10 nitrogen and oxygen atoms in total. The molecule has 3 aromatic carbocycles. The van der Waals surface area contributed by atoms with Gasteiger partial charge in [-0.05, 0) is 54.8 Å². The fraction of sp³-hybridized carbons (Fsp3) is 0.344. The van der Waals surface area contributed by atoms with Crippen LogP contribution in [-0.2, 0) is 9.36 Å². The molecule has 0 spiro atoms. The van der Waals surface area contributed by atoms with Gasteiger partial charge in [-0.1, -0.05) is 56.7 Å². The van der Waals surface area contributed by atoms with Crippen molar-refractivity contribution in [1.82, 2.24) is 9.80 Å². The zero-order valence-corrected chi connectivity index (χ0v) is 24.8. The predicted molar refractivity (Wildman–Crippen MR) is 159 cm³/mol. The molecule has 0 saturated heterocycles. The smallest absolute Gasteiger partial charge is 0.307 e. The number of hydrogen-bond donors (Lipinski definition) is 2. The number of amides is 4. The van der Waals surface area contributed by atoms with Crippen molar-refractivity contribution in [2.45, 2.75) is 45.2 Å². The van der Waals surface area contributed by atoms with E-state index in [1.165, 1.54) is 0 Å². The summed E-state index contributed by atoms with van der Waals surface area (Å²) >= 11 is 0. The van der Waals surface area contributed by atoms with Gasteiger partial charge in [0.25, 0.3) is 23.6 Å². The first kappa shape index (κ1) is 30.3. The largest absolute Gasteiger partial charge is 0.481 e. The van der Waals surface area contributed by atoms with Crippen LogP contribution in [0.1, 0.15) is 81.0 Å². The van der Waals surface area contributed by atoms with Crippen LogP contribution in [0.2, 0.25) is 0 Å². The third-order valence-electron chi connectivity index (χ3n) is 8.23. The number of aliphatic carboxylic acids is 1. The van der Waals surface area contributed by atoms with E-state index in [9.17, 15) is 38.5 Å². The van der Waals surface area contributed by atoms with Crippen LogP contribution in [0.4, 0.5) is 0 Å². The van der Waals surface area contributed by atoms with E-state index in [4.69, 9.17) is 0 Å². The van der Waals surface area contributed by atoms with Crippen LogP contribution in [0.25, 0.3) is 10.8 Å². The van der Waals surface area contributed by atoms with Crippen molar-refractivity contribution in [3.05, 3.63) is 82.9 Å². The first-order valence-electron chi connectivity index (χ1n) is 14.3. The number of imide groups is 2. The number of rotatable bonds is 12. The Labute approximate surface area is 248 Å². The average Bonchev–Trinajstić information content (AvgIpc) is 3.21. The maximum atomic E-state index is 14.1. The molecule has 2 heterocycles. The van der Waals surface area contributed by atoms with E-state index in [2.05, 4.69) is 0 Å². The summed E-state index contributed by atoms with van der Waals surface area (Å²) in [6.07, 6.45) is -0.183. The molecule has 2 N–H and O–H groups in total. The Kier molecular flexibility index (Phi) is 8.36. The van der Waals surface area contributed by atoms with Gasteiger partial charge in [-0.2, -0.15) is 0 Å². The van der Waals surface area contributed by atoms with Crippen molar-refractivity contribution < 1.29 is 38.5 Å². The second-order valence-corrected chi connectivity index (χ2v) is 14.0. The summed E-state index contributed by atoms with van der Waals surface area (Å²) in [4.78, 5) is 78.1. The maximum absolute atomic E-state index is 14.1. The summed E-state index contributed by atoms with van der Waals surface area (Å²) in [6, 6.07) is 16.5. The van der Waals surface area contributed by atoms with Gasteiger partial charge in [-0.3, -0.25) is 38.3 Å². The van der Waals surface area contributed by atoms with E-state index in [0.717, 1.165) is 9.80 Å². The van der Waals surface area contributed by atoms with Crippen LogP contribution in [-0.4, -0.2) is 67.9 Å². The highest BCUT2D eigenvalue weighted by atomic mass is 31.2. The second kappa shape index (κ2) is 11.9. The third kappa shape index (κ3) is 5.65. The monoisotopic (exact) mass is 604 g/mol. The Morgan fingerprint density at radius 2 is 1.28 bits per heavy atom. The standard InChI is InChI=1S/C32H33N2O8P/c1-19(2)17-25(32(39)40)26(15-5-6-16-33-28(35)21-11-3-4-12-22(21)29(33)36)43(41,42)18-34-30(37)23-13-7-9-20-10-8-14-24(27(20)23)31(34)38/h3-4,7-14,19,25-26H,5-6,15-18H2,1-2H3,(H,39,40)(H,41,42). The number of nitrogens with zero attached hydrogens (tertiary/aromatic N) is 2. The van der Waals surface area contributed by atoms with Gasteiger partial charge in [0.15, 0.2) is 0 Å². The molecule has 0 bridgehead atoms. The highest BCUT2D eigenvalue weighted by Gasteiger charge is 2.45. The molecule has 224 valence electrons. The molecule has 4 amide bonds. The van der Waals surface area contributed by atoms with E-state index in [1.807, 2.05) is 13.8 Å². The summed E-state index contributed by atoms with van der Waals surface area (Å²) in [5.74, 6) is -4.78. The molecular weight excluding hydrogens is 571 g/mol. The lowest BCUT2D eigenvalue weighted by Gasteiger charge is -2.34. The molecule has 2 aliphatic rings. The van der Waals surface area contributed by atoms with Crippen LogP contribution in [0.5, 0.6) is 0 Å². The molecule has 11 heteroatoms.